The van der Waals surface area contributed by atoms with Gasteiger partial charge >= 0.3 is 6.18 Å². The standard InChI is InChI=1S/C19H9F4N5/c20-17-13(12-5-2-1-4-11(12)8-24)6-3-7-14(17)15-9-25-18-27-16(19(21,22)23)10-26-28(15)18/h1-7,9-10H. The minimum atomic E-state index is -4.66. The molecule has 0 saturated heterocycles. The summed E-state index contributed by atoms with van der Waals surface area (Å²) in [4.78, 5) is 7.25. The van der Waals surface area contributed by atoms with E-state index in [1.807, 2.05) is 6.07 Å². The molecule has 0 amide bonds. The molecule has 28 heavy (non-hydrogen) atoms. The molecule has 0 radical (unpaired) electrons. The van der Waals surface area contributed by atoms with Crippen molar-refractivity contribution in [1.82, 2.24) is 19.6 Å². The van der Waals surface area contributed by atoms with Gasteiger partial charge in [-0.2, -0.15) is 28.0 Å². The molecule has 0 bridgehead atoms. The Morgan fingerprint density at radius 3 is 2.39 bits per heavy atom. The molecule has 0 aliphatic rings. The van der Waals surface area contributed by atoms with Crippen molar-refractivity contribution in [3.63, 3.8) is 0 Å². The number of hydrogen-bond acceptors (Lipinski definition) is 4. The molecular weight excluding hydrogens is 374 g/mol. The third-order valence-corrected chi connectivity index (χ3v) is 4.14. The van der Waals surface area contributed by atoms with Gasteiger partial charge in [0.25, 0.3) is 5.78 Å². The van der Waals surface area contributed by atoms with Crippen molar-refractivity contribution in [3.8, 4) is 28.5 Å². The predicted molar refractivity (Wildman–Crippen MR) is 91.3 cm³/mol. The molecule has 0 aliphatic carbocycles. The van der Waals surface area contributed by atoms with Gasteiger partial charge < -0.3 is 0 Å². The maximum absolute atomic E-state index is 15.3. The first-order chi connectivity index (χ1) is 13.4. The fourth-order valence-electron chi connectivity index (χ4n) is 2.85. The van der Waals surface area contributed by atoms with Crippen LogP contribution in [0.15, 0.2) is 54.9 Å². The summed E-state index contributed by atoms with van der Waals surface area (Å²) in [7, 11) is 0. The van der Waals surface area contributed by atoms with E-state index < -0.39 is 17.7 Å². The lowest BCUT2D eigenvalue weighted by Gasteiger charge is -2.10. The Morgan fingerprint density at radius 2 is 1.64 bits per heavy atom. The Morgan fingerprint density at radius 1 is 0.929 bits per heavy atom. The molecule has 2 aromatic carbocycles. The van der Waals surface area contributed by atoms with Crippen molar-refractivity contribution in [3.05, 3.63) is 71.9 Å². The first-order valence-corrected chi connectivity index (χ1v) is 7.96. The van der Waals surface area contributed by atoms with Crippen LogP contribution in [-0.2, 0) is 6.18 Å². The van der Waals surface area contributed by atoms with Gasteiger partial charge in [-0.25, -0.2) is 14.4 Å². The van der Waals surface area contributed by atoms with Crippen LogP contribution in [-0.4, -0.2) is 19.6 Å². The van der Waals surface area contributed by atoms with Crippen molar-refractivity contribution in [2.75, 3.05) is 0 Å². The Kier molecular flexibility index (Phi) is 4.04. The summed E-state index contributed by atoms with van der Waals surface area (Å²) in [5, 5.41) is 13.0. The fraction of sp³-hybridized carbons (Fsp3) is 0.0526. The molecule has 9 heteroatoms. The summed E-state index contributed by atoms with van der Waals surface area (Å²) in [5.74, 6) is -0.944. The highest BCUT2D eigenvalue weighted by Gasteiger charge is 2.33. The lowest BCUT2D eigenvalue weighted by molar-refractivity contribution is -0.141. The quantitative estimate of drug-likeness (QED) is 0.479. The van der Waals surface area contributed by atoms with Crippen molar-refractivity contribution in [2.24, 2.45) is 0 Å². The van der Waals surface area contributed by atoms with E-state index in [1.54, 1.807) is 30.3 Å². The van der Waals surface area contributed by atoms with Gasteiger partial charge in [0.1, 0.15) is 5.82 Å². The molecule has 2 heterocycles. The van der Waals surface area contributed by atoms with Crippen molar-refractivity contribution < 1.29 is 17.6 Å². The Bertz CT molecular complexity index is 1240. The van der Waals surface area contributed by atoms with Gasteiger partial charge in [-0.15, -0.1) is 0 Å². The monoisotopic (exact) mass is 383 g/mol. The van der Waals surface area contributed by atoms with E-state index in [1.165, 1.54) is 18.3 Å². The smallest absolute Gasteiger partial charge is 0.217 e. The van der Waals surface area contributed by atoms with Gasteiger partial charge in [0.05, 0.1) is 29.7 Å². The summed E-state index contributed by atoms with van der Waals surface area (Å²) >= 11 is 0. The summed E-state index contributed by atoms with van der Waals surface area (Å²) in [6, 6.07) is 13.1. The number of nitriles is 1. The molecule has 2 aromatic heterocycles. The molecule has 0 N–H and O–H groups in total. The average molecular weight is 383 g/mol. The van der Waals surface area contributed by atoms with E-state index in [0.29, 0.717) is 17.3 Å². The third-order valence-electron chi connectivity index (χ3n) is 4.14. The highest BCUT2D eigenvalue weighted by molar-refractivity contribution is 5.76. The van der Waals surface area contributed by atoms with Crippen LogP contribution in [0.25, 0.3) is 28.2 Å². The van der Waals surface area contributed by atoms with Crippen molar-refractivity contribution >= 4 is 5.78 Å². The van der Waals surface area contributed by atoms with Crippen LogP contribution < -0.4 is 0 Å². The fourth-order valence-corrected chi connectivity index (χ4v) is 2.85. The number of hydrogen-bond donors (Lipinski definition) is 0. The highest BCUT2D eigenvalue weighted by atomic mass is 19.4. The molecule has 0 spiro atoms. The molecule has 4 aromatic rings. The first-order valence-electron chi connectivity index (χ1n) is 7.96. The van der Waals surface area contributed by atoms with Crippen molar-refractivity contribution in [1.29, 1.82) is 5.26 Å². The number of nitrogens with zero attached hydrogens (tertiary/aromatic N) is 5. The average Bonchev–Trinajstić information content (AvgIpc) is 3.10. The van der Waals surface area contributed by atoms with Crippen LogP contribution in [0.2, 0.25) is 0 Å². The Labute approximate surface area is 155 Å². The third kappa shape index (κ3) is 2.85. The predicted octanol–water partition coefficient (Wildman–Crippen LogP) is 4.49. The van der Waals surface area contributed by atoms with Gasteiger partial charge in [-0.3, -0.25) is 0 Å². The van der Waals surface area contributed by atoms with Crippen LogP contribution in [0.1, 0.15) is 11.3 Å². The number of imidazole rings is 1. The lowest BCUT2D eigenvalue weighted by atomic mass is 9.97. The summed E-state index contributed by atoms with van der Waals surface area (Å²) in [6.45, 7) is 0. The zero-order valence-corrected chi connectivity index (χ0v) is 13.9. The maximum atomic E-state index is 15.3. The van der Waals surface area contributed by atoms with Crippen molar-refractivity contribution in [2.45, 2.75) is 6.18 Å². The van der Waals surface area contributed by atoms with Gasteiger partial charge in [0, 0.05) is 16.7 Å². The van der Waals surface area contributed by atoms with E-state index in [9.17, 15) is 18.4 Å². The number of alkyl halides is 3. The molecule has 0 atom stereocenters. The molecule has 4 rings (SSSR count). The lowest BCUT2D eigenvalue weighted by Crippen LogP contribution is -2.11. The molecule has 0 fully saturated rings. The molecule has 0 saturated carbocycles. The van der Waals surface area contributed by atoms with E-state index in [-0.39, 0.29) is 22.6 Å². The van der Waals surface area contributed by atoms with E-state index in [0.717, 1.165) is 4.52 Å². The summed E-state index contributed by atoms with van der Waals surface area (Å²) in [6.07, 6.45) is -2.90. The maximum Gasteiger partial charge on any atom is 0.435 e. The van der Waals surface area contributed by atoms with Crippen LogP contribution in [0, 0.1) is 17.1 Å². The largest absolute Gasteiger partial charge is 0.435 e. The van der Waals surface area contributed by atoms with Crippen LogP contribution in [0.4, 0.5) is 17.6 Å². The molecule has 0 aliphatic heterocycles. The minimum Gasteiger partial charge on any atom is -0.217 e. The van der Waals surface area contributed by atoms with E-state index >= 15 is 4.39 Å². The van der Waals surface area contributed by atoms with Crippen LogP contribution in [0.3, 0.4) is 0 Å². The van der Waals surface area contributed by atoms with Gasteiger partial charge in [0.2, 0.25) is 0 Å². The number of rotatable bonds is 2. The Balaban J connectivity index is 1.89. The molecule has 5 nitrogen and oxygen atoms in total. The number of benzene rings is 2. The second kappa shape index (κ2) is 6.42. The van der Waals surface area contributed by atoms with Crippen LogP contribution in [0.5, 0.6) is 0 Å². The molecule has 138 valence electrons. The molecular formula is C19H9F4N5. The van der Waals surface area contributed by atoms with Gasteiger partial charge in [0.15, 0.2) is 5.69 Å². The summed E-state index contributed by atoms with van der Waals surface area (Å²) < 4.78 is 54.7. The van der Waals surface area contributed by atoms with Gasteiger partial charge in [-0.05, 0) is 12.1 Å². The SMILES string of the molecule is N#Cc1ccccc1-c1cccc(-c2cnc3nc(C(F)(F)F)cnn23)c1F. The van der Waals surface area contributed by atoms with Gasteiger partial charge in [-0.1, -0.05) is 30.3 Å². The zero-order chi connectivity index (χ0) is 19.9. The second-order valence-electron chi connectivity index (χ2n) is 5.82. The second-order valence-corrected chi connectivity index (χ2v) is 5.82. The van der Waals surface area contributed by atoms with E-state index in [2.05, 4.69) is 15.1 Å². The number of fused-ring (bicyclic) bond motifs is 1. The Hall–Kier alpha value is -3.80. The van der Waals surface area contributed by atoms with Crippen LogP contribution >= 0.6 is 0 Å². The topological polar surface area (TPSA) is 66.9 Å². The summed E-state index contributed by atoms with van der Waals surface area (Å²) in [5.41, 5.74) is -0.0782. The number of halogens is 4. The first kappa shape index (κ1) is 17.6. The highest BCUT2D eigenvalue weighted by Crippen LogP contribution is 2.33. The van der Waals surface area contributed by atoms with E-state index in [4.69, 9.17) is 0 Å². The normalized spacial score (nSPS) is 11.5. The minimum absolute atomic E-state index is 0.0757. The zero-order valence-electron chi connectivity index (χ0n) is 13.9. The molecule has 0 unspecified atom stereocenters. The number of aromatic nitrogens is 4.